The molecule has 2 atom stereocenters. The number of fused-ring (bicyclic) bond motifs is 1. The van der Waals surface area contributed by atoms with E-state index in [0.717, 1.165) is 23.3 Å². The SMILES string of the molecule is C/C=C\C(=C/C)C1(CC)CC(c2ccc3c(=O)n(C4C=CC(F)=CC4)c(CCCCC(=O)O)nc3c2)=NO1. The van der Waals surface area contributed by atoms with Gasteiger partial charge in [-0.2, -0.15) is 0 Å². The summed E-state index contributed by atoms with van der Waals surface area (Å²) in [6.07, 6.45) is 13.8. The van der Waals surface area contributed by atoms with Crippen molar-refractivity contribution in [1.29, 1.82) is 0 Å². The number of nitrogens with zero attached hydrogens (tertiary/aromatic N) is 3. The molecule has 200 valence electrons. The Bertz CT molecular complexity index is 1430. The molecule has 1 N–H and O–H groups in total. The van der Waals surface area contributed by atoms with Crippen LogP contribution in [0.1, 0.15) is 76.7 Å². The van der Waals surface area contributed by atoms with Gasteiger partial charge in [0.05, 0.1) is 22.7 Å². The van der Waals surface area contributed by atoms with Gasteiger partial charge in [-0.15, -0.1) is 0 Å². The zero-order valence-electron chi connectivity index (χ0n) is 22.1. The predicted octanol–water partition coefficient (Wildman–Crippen LogP) is 6.34. The maximum absolute atomic E-state index is 13.7. The van der Waals surface area contributed by atoms with Gasteiger partial charge in [0.25, 0.3) is 5.56 Å². The number of carboxylic acids is 1. The Morgan fingerprint density at radius 3 is 2.79 bits per heavy atom. The van der Waals surface area contributed by atoms with Crippen molar-refractivity contribution in [2.24, 2.45) is 5.16 Å². The highest BCUT2D eigenvalue weighted by atomic mass is 19.1. The number of benzene rings is 1. The van der Waals surface area contributed by atoms with Crippen molar-refractivity contribution in [2.75, 3.05) is 0 Å². The van der Waals surface area contributed by atoms with Crippen LogP contribution in [-0.2, 0) is 16.1 Å². The van der Waals surface area contributed by atoms with Crippen LogP contribution in [0, 0.1) is 0 Å². The molecule has 1 aromatic heterocycles. The standard InChI is InChI=1S/C30H34FN3O4/c1-4-9-21(5-2)30(6-3)19-26(33-38-30)20-12-17-24-25(18-20)32-27(10-7-8-11-28(35)36)34(29(24)37)23-15-13-22(31)14-16-23/h4-5,9,12-15,17-18,23H,6-8,10-11,16,19H2,1-3H3,(H,35,36)/b9-4-,21-5+. The number of aryl methyl sites for hydroxylation is 1. The molecule has 2 aromatic rings. The number of aliphatic carboxylic acids is 1. The molecule has 2 unspecified atom stereocenters. The Kier molecular flexibility index (Phi) is 8.39. The Morgan fingerprint density at radius 1 is 1.32 bits per heavy atom. The summed E-state index contributed by atoms with van der Waals surface area (Å²) in [5, 5.41) is 13.9. The summed E-state index contributed by atoms with van der Waals surface area (Å²) in [4.78, 5) is 35.5. The molecule has 0 radical (unpaired) electrons. The molecule has 0 spiro atoms. The molecule has 38 heavy (non-hydrogen) atoms. The van der Waals surface area contributed by atoms with Crippen molar-refractivity contribution in [3.05, 3.63) is 87.8 Å². The number of oxime groups is 1. The molecule has 1 aliphatic carbocycles. The molecule has 0 bridgehead atoms. The third-order valence-electron chi connectivity index (χ3n) is 7.25. The lowest BCUT2D eigenvalue weighted by Gasteiger charge is -2.26. The summed E-state index contributed by atoms with van der Waals surface area (Å²) in [5.41, 5.74) is 2.52. The molecule has 1 aliphatic heterocycles. The van der Waals surface area contributed by atoms with E-state index < -0.39 is 11.6 Å². The molecule has 0 saturated heterocycles. The van der Waals surface area contributed by atoms with Gasteiger partial charge in [0.15, 0.2) is 5.60 Å². The van der Waals surface area contributed by atoms with Crippen LogP contribution < -0.4 is 5.56 Å². The minimum atomic E-state index is -0.854. The summed E-state index contributed by atoms with van der Waals surface area (Å²) < 4.78 is 15.2. The van der Waals surface area contributed by atoms with Crippen molar-refractivity contribution in [3.8, 4) is 0 Å². The van der Waals surface area contributed by atoms with E-state index in [0.29, 0.717) is 48.8 Å². The van der Waals surface area contributed by atoms with Crippen LogP contribution in [0.2, 0.25) is 0 Å². The second-order valence-electron chi connectivity index (χ2n) is 9.69. The quantitative estimate of drug-likeness (QED) is 0.292. The van der Waals surface area contributed by atoms with Crippen molar-refractivity contribution in [3.63, 3.8) is 0 Å². The summed E-state index contributed by atoms with van der Waals surface area (Å²) in [6.45, 7) is 6.04. The van der Waals surface area contributed by atoms with Gasteiger partial charge in [-0.25, -0.2) is 9.37 Å². The van der Waals surface area contributed by atoms with Crippen molar-refractivity contribution in [1.82, 2.24) is 9.55 Å². The molecule has 4 rings (SSSR count). The molecular formula is C30H34FN3O4. The van der Waals surface area contributed by atoms with Crippen LogP contribution >= 0.6 is 0 Å². The van der Waals surface area contributed by atoms with Gasteiger partial charge in [-0.3, -0.25) is 14.2 Å². The number of hydrogen-bond donors (Lipinski definition) is 1. The minimum Gasteiger partial charge on any atom is -0.481 e. The smallest absolute Gasteiger partial charge is 0.303 e. The van der Waals surface area contributed by atoms with Gasteiger partial charge < -0.3 is 9.94 Å². The lowest BCUT2D eigenvalue weighted by molar-refractivity contribution is -0.137. The van der Waals surface area contributed by atoms with Gasteiger partial charge in [-0.1, -0.05) is 42.4 Å². The lowest BCUT2D eigenvalue weighted by Crippen LogP contribution is -2.30. The normalized spacial score (nSPS) is 21.6. The third-order valence-corrected chi connectivity index (χ3v) is 7.25. The van der Waals surface area contributed by atoms with E-state index in [1.165, 1.54) is 12.2 Å². The molecule has 7 nitrogen and oxygen atoms in total. The van der Waals surface area contributed by atoms with Crippen molar-refractivity contribution >= 4 is 22.6 Å². The van der Waals surface area contributed by atoms with Gasteiger partial charge >= 0.3 is 5.97 Å². The largest absolute Gasteiger partial charge is 0.481 e. The Hall–Kier alpha value is -3.81. The first-order chi connectivity index (χ1) is 18.3. The fourth-order valence-corrected chi connectivity index (χ4v) is 5.15. The van der Waals surface area contributed by atoms with E-state index >= 15 is 0 Å². The highest BCUT2D eigenvalue weighted by Crippen LogP contribution is 2.37. The predicted molar refractivity (Wildman–Crippen MR) is 147 cm³/mol. The summed E-state index contributed by atoms with van der Waals surface area (Å²) in [7, 11) is 0. The Balaban J connectivity index is 1.71. The van der Waals surface area contributed by atoms with Crippen molar-refractivity contribution in [2.45, 2.75) is 77.4 Å². The van der Waals surface area contributed by atoms with Crippen molar-refractivity contribution < 1.29 is 19.1 Å². The Labute approximate surface area is 221 Å². The van der Waals surface area contributed by atoms with Crippen LogP contribution in [-0.4, -0.2) is 31.9 Å². The number of hydrogen-bond acceptors (Lipinski definition) is 5. The highest BCUT2D eigenvalue weighted by molar-refractivity contribution is 6.04. The zero-order valence-corrected chi connectivity index (χ0v) is 22.1. The summed E-state index contributed by atoms with van der Waals surface area (Å²) in [5.74, 6) is -0.617. The lowest BCUT2D eigenvalue weighted by atomic mass is 9.84. The fraction of sp³-hybridized carbons (Fsp3) is 0.400. The monoisotopic (exact) mass is 519 g/mol. The molecule has 0 fully saturated rings. The van der Waals surface area contributed by atoms with E-state index in [1.54, 1.807) is 16.7 Å². The average molecular weight is 520 g/mol. The first-order valence-corrected chi connectivity index (χ1v) is 13.2. The van der Waals surface area contributed by atoms with Gasteiger partial charge in [0.2, 0.25) is 0 Å². The van der Waals surface area contributed by atoms with Gasteiger partial charge in [0.1, 0.15) is 11.7 Å². The number of rotatable bonds is 10. The molecule has 2 aliphatic rings. The second kappa shape index (κ2) is 11.7. The number of carboxylic acid groups (broad SMARTS) is 1. The number of carbonyl (C=O) groups is 1. The molecule has 0 amide bonds. The maximum Gasteiger partial charge on any atom is 0.303 e. The van der Waals surface area contributed by atoms with Gasteiger partial charge in [-0.05, 0) is 69.4 Å². The van der Waals surface area contributed by atoms with E-state index in [2.05, 4.69) is 12.1 Å². The van der Waals surface area contributed by atoms with Crippen LogP contribution in [0.15, 0.2) is 76.0 Å². The van der Waals surface area contributed by atoms with Crippen LogP contribution in [0.4, 0.5) is 4.39 Å². The number of aromatic nitrogens is 2. The minimum absolute atomic E-state index is 0.0552. The summed E-state index contributed by atoms with van der Waals surface area (Å²) in [6, 6.07) is 5.16. The zero-order chi connectivity index (χ0) is 27.3. The molecule has 8 heteroatoms. The fourth-order valence-electron chi connectivity index (χ4n) is 5.15. The van der Waals surface area contributed by atoms with Crippen LogP contribution in [0.5, 0.6) is 0 Å². The highest BCUT2D eigenvalue weighted by Gasteiger charge is 2.40. The van der Waals surface area contributed by atoms with Crippen LogP contribution in [0.25, 0.3) is 10.9 Å². The number of allylic oxidation sites excluding steroid dienone is 6. The van der Waals surface area contributed by atoms with Crippen LogP contribution in [0.3, 0.4) is 0 Å². The number of halogens is 1. The van der Waals surface area contributed by atoms with Gasteiger partial charge in [0, 0.05) is 24.8 Å². The maximum atomic E-state index is 13.7. The van der Waals surface area contributed by atoms with E-state index in [4.69, 9.17) is 14.9 Å². The Morgan fingerprint density at radius 2 is 2.13 bits per heavy atom. The third kappa shape index (κ3) is 5.54. The second-order valence-corrected chi connectivity index (χ2v) is 9.69. The van der Waals surface area contributed by atoms with E-state index in [-0.39, 0.29) is 23.8 Å². The van der Waals surface area contributed by atoms with E-state index in [1.807, 2.05) is 44.2 Å². The molecule has 2 heterocycles. The average Bonchev–Trinajstić information content (AvgIpc) is 3.36. The van der Waals surface area contributed by atoms with E-state index in [9.17, 15) is 14.0 Å². The first kappa shape index (κ1) is 27.2. The topological polar surface area (TPSA) is 93.8 Å². The molecule has 1 aromatic carbocycles. The summed E-state index contributed by atoms with van der Waals surface area (Å²) >= 11 is 0. The molecule has 0 saturated carbocycles. The molecular weight excluding hydrogens is 485 g/mol. The first-order valence-electron chi connectivity index (χ1n) is 13.2. The number of unbranched alkanes of at least 4 members (excludes halogenated alkanes) is 1.